The molecule has 37 heavy (non-hydrogen) atoms. The van der Waals surface area contributed by atoms with Crippen molar-refractivity contribution < 1.29 is 22.8 Å². The van der Waals surface area contributed by atoms with E-state index in [0.29, 0.717) is 17.7 Å². The van der Waals surface area contributed by atoms with Crippen molar-refractivity contribution in [1.82, 2.24) is 29.6 Å². The first-order valence-corrected chi connectivity index (χ1v) is 11.1. The summed E-state index contributed by atoms with van der Waals surface area (Å²) < 4.78 is 43.3. The second-order valence-electron chi connectivity index (χ2n) is 7.78. The summed E-state index contributed by atoms with van der Waals surface area (Å²) in [6.07, 6.45) is 1.18. The van der Waals surface area contributed by atoms with Gasteiger partial charge in [0.1, 0.15) is 6.54 Å². The van der Waals surface area contributed by atoms with E-state index >= 15 is 0 Å². The first-order valence-electron chi connectivity index (χ1n) is 11.1. The predicted octanol–water partition coefficient (Wildman–Crippen LogP) is 3.06. The topological polar surface area (TPSA) is 148 Å². The molecule has 192 valence electrons. The first-order chi connectivity index (χ1) is 17.8. The molecule has 11 nitrogen and oxygen atoms in total. The summed E-state index contributed by atoms with van der Waals surface area (Å²) in [6, 6.07) is 6.84. The maximum Gasteiger partial charge on any atom is 0.435 e. The van der Waals surface area contributed by atoms with E-state index in [9.17, 15) is 18.0 Å². The smallest absolute Gasteiger partial charge is 0.337 e. The summed E-state index contributed by atoms with van der Waals surface area (Å²) in [7, 11) is 0. The number of carbonyl (C=O) groups is 1. The Balaban J connectivity index is 1.67. The number of aromatic nitrogens is 5. The minimum atomic E-state index is -4.73. The highest BCUT2D eigenvalue weighted by Gasteiger charge is 2.38. The Labute approximate surface area is 208 Å². The lowest BCUT2D eigenvalue weighted by atomic mass is 10.0. The summed E-state index contributed by atoms with van der Waals surface area (Å²) in [6.45, 7) is 2.00. The lowest BCUT2D eigenvalue weighted by Gasteiger charge is -2.12. The van der Waals surface area contributed by atoms with Crippen LogP contribution in [-0.2, 0) is 24.0 Å². The van der Waals surface area contributed by atoms with Gasteiger partial charge in [-0.05, 0) is 30.2 Å². The number of nitrogens with zero attached hydrogens (tertiary/aromatic N) is 6. The van der Waals surface area contributed by atoms with Crippen LogP contribution in [-0.4, -0.2) is 43.2 Å². The molecule has 3 aromatic heterocycles. The highest BCUT2D eigenvalue weighted by molar-refractivity contribution is 5.95. The standard InChI is InChI=1S/C23H22F3N9O2/c1-2-14-11-15(3-4-16(14)22(36)33-37-10-6-28)31-20-21-30-12-18(35(21)9-7-29-20)17-13-34(8-5-27)32-19(17)23(24,25)26/h3-4,7,9,11-13H,2,6,8,10,28H2,1H3,(H,29,31)(H,33,36). The quantitative estimate of drug-likeness (QED) is 0.228. The monoisotopic (exact) mass is 513 g/mol. The average molecular weight is 513 g/mol. The molecule has 0 radical (unpaired) electrons. The largest absolute Gasteiger partial charge is 0.435 e. The third-order valence-electron chi connectivity index (χ3n) is 5.35. The van der Waals surface area contributed by atoms with Crippen molar-refractivity contribution in [2.24, 2.45) is 5.73 Å². The Bertz CT molecular complexity index is 1470. The van der Waals surface area contributed by atoms with Crippen LogP contribution in [0.25, 0.3) is 16.9 Å². The highest BCUT2D eigenvalue weighted by atomic mass is 19.4. The molecular weight excluding hydrogens is 491 g/mol. The molecule has 0 aliphatic rings. The normalized spacial score (nSPS) is 11.5. The minimum absolute atomic E-state index is 0.135. The molecule has 0 fully saturated rings. The van der Waals surface area contributed by atoms with E-state index in [4.69, 9.17) is 15.8 Å². The molecule has 4 aromatic rings. The van der Waals surface area contributed by atoms with Crippen LogP contribution in [0.4, 0.5) is 24.7 Å². The highest BCUT2D eigenvalue weighted by Crippen LogP contribution is 2.37. The lowest BCUT2D eigenvalue weighted by Crippen LogP contribution is -2.27. The third kappa shape index (κ3) is 5.37. The minimum Gasteiger partial charge on any atom is -0.337 e. The number of carbonyl (C=O) groups excluding carboxylic acids is 1. The van der Waals surface area contributed by atoms with Crippen molar-refractivity contribution >= 4 is 23.1 Å². The summed E-state index contributed by atoms with van der Waals surface area (Å²) >= 11 is 0. The van der Waals surface area contributed by atoms with Gasteiger partial charge in [-0.2, -0.15) is 23.5 Å². The van der Waals surface area contributed by atoms with Crippen LogP contribution >= 0.6 is 0 Å². The summed E-state index contributed by atoms with van der Waals surface area (Å²) in [5.74, 6) is -0.121. The molecule has 0 bridgehead atoms. The molecule has 0 spiro atoms. The zero-order valence-corrected chi connectivity index (χ0v) is 19.6. The summed E-state index contributed by atoms with van der Waals surface area (Å²) in [5.41, 5.74) is 8.52. The Morgan fingerprint density at radius 1 is 1.30 bits per heavy atom. The fourth-order valence-electron chi connectivity index (χ4n) is 3.73. The Hall–Kier alpha value is -4.48. The maximum atomic E-state index is 13.7. The van der Waals surface area contributed by atoms with Gasteiger partial charge < -0.3 is 11.1 Å². The number of amides is 1. The van der Waals surface area contributed by atoms with Gasteiger partial charge in [0.25, 0.3) is 5.91 Å². The van der Waals surface area contributed by atoms with Gasteiger partial charge in [-0.3, -0.25) is 18.7 Å². The van der Waals surface area contributed by atoms with Crippen LogP contribution in [0.3, 0.4) is 0 Å². The van der Waals surface area contributed by atoms with Crippen molar-refractivity contribution in [3.05, 3.63) is 59.8 Å². The number of nitrogens with two attached hydrogens (primary N) is 1. The van der Waals surface area contributed by atoms with E-state index in [1.54, 1.807) is 24.3 Å². The van der Waals surface area contributed by atoms with Gasteiger partial charge in [0.15, 0.2) is 17.2 Å². The van der Waals surface area contributed by atoms with Gasteiger partial charge in [-0.1, -0.05) is 6.92 Å². The van der Waals surface area contributed by atoms with Crippen LogP contribution in [0.5, 0.6) is 0 Å². The number of hydroxylamine groups is 1. The van der Waals surface area contributed by atoms with Crippen molar-refractivity contribution in [2.45, 2.75) is 26.1 Å². The van der Waals surface area contributed by atoms with E-state index in [1.807, 2.05) is 6.92 Å². The van der Waals surface area contributed by atoms with Crippen molar-refractivity contribution in [2.75, 3.05) is 18.5 Å². The van der Waals surface area contributed by atoms with Gasteiger partial charge in [0.2, 0.25) is 0 Å². The number of nitriles is 1. The molecule has 0 unspecified atom stereocenters. The zero-order chi connectivity index (χ0) is 26.6. The SMILES string of the molecule is CCc1cc(Nc2nccn3c(-c4cn(CC#N)nc4C(F)(F)F)cnc23)ccc1C(=O)NOCCN. The van der Waals surface area contributed by atoms with Crippen LogP contribution in [0, 0.1) is 11.3 Å². The third-order valence-corrected chi connectivity index (χ3v) is 5.35. The Morgan fingerprint density at radius 3 is 2.81 bits per heavy atom. The molecule has 1 amide bonds. The maximum absolute atomic E-state index is 13.7. The van der Waals surface area contributed by atoms with Crippen LogP contribution in [0.15, 0.2) is 43.0 Å². The second-order valence-corrected chi connectivity index (χ2v) is 7.78. The molecule has 0 aliphatic heterocycles. The number of imidazole rings is 1. The molecule has 0 atom stereocenters. The number of alkyl halides is 3. The molecule has 4 N–H and O–H groups in total. The number of hydrogen-bond acceptors (Lipinski definition) is 8. The molecule has 3 heterocycles. The van der Waals surface area contributed by atoms with E-state index < -0.39 is 17.8 Å². The van der Waals surface area contributed by atoms with E-state index in [1.165, 1.54) is 23.0 Å². The number of nitrogens with one attached hydrogen (secondary N) is 2. The van der Waals surface area contributed by atoms with Crippen LogP contribution < -0.4 is 16.5 Å². The van der Waals surface area contributed by atoms with Crippen molar-refractivity contribution in [1.29, 1.82) is 5.26 Å². The number of anilines is 2. The first kappa shape index (κ1) is 25.6. The summed E-state index contributed by atoms with van der Waals surface area (Å²) in [4.78, 5) is 26.0. The number of fused-ring (bicyclic) bond motifs is 1. The Morgan fingerprint density at radius 2 is 2.11 bits per heavy atom. The van der Waals surface area contributed by atoms with E-state index in [2.05, 4.69) is 25.9 Å². The predicted molar refractivity (Wildman–Crippen MR) is 126 cm³/mol. The number of rotatable bonds is 9. The second kappa shape index (κ2) is 10.6. The molecule has 0 saturated heterocycles. The molecule has 14 heteroatoms. The zero-order valence-electron chi connectivity index (χ0n) is 19.6. The van der Waals surface area contributed by atoms with Gasteiger partial charge in [0.05, 0.1) is 30.1 Å². The lowest BCUT2D eigenvalue weighted by molar-refractivity contribution is -0.141. The number of benzene rings is 1. The van der Waals surface area contributed by atoms with Gasteiger partial charge in [-0.15, -0.1) is 0 Å². The molecule has 4 rings (SSSR count). The molecule has 1 aromatic carbocycles. The van der Waals surface area contributed by atoms with E-state index in [0.717, 1.165) is 16.4 Å². The van der Waals surface area contributed by atoms with Crippen LogP contribution in [0.2, 0.25) is 0 Å². The number of aryl methyl sites for hydroxylation is 1. The number of hydrogen-bond donors (Lipinski definition) is 3. The van der Waals surface area contributed by atoms with Crippen molar-refractivity contribution in [3.8, 4) is 17.3 Å². The fraction of sp³-hybridized carbons (Fsp3) is 0.261. The van der Waals surface area contributed by atoms with Crippen LogP contribution in [0.1, 0.15) is 28.5 Å². The number of halogens is 3. The Kier molecular flexibility index (Phi) is 7.37. The molecule has 0 aliphatic carbocycles. The van der Waals surface area contributed by atoms with Gasteiger partial charge in [0, 0.05) is 36.4 Å². The average Bonchev–Trinajstić information content (AvgIpc) is 3.49. The summed E-state index contributed by atoms with van der Waals surface area (Å²) in [5, 5.41) is 15.5. The van der Waals surface area contributed by atoms with E-state index in [-0.39, 0.29) is 42.4 Å². The van der Waals surface area contributed by atoms with Gasteiger partial charge >= 0.3 is 6.18 Å². The van der Waals surface area contributed by atoms with Gasteiger partial charge in [-0.25, -0.2) is 15.4 Å². The molecular formula is C23H22F3N9O2. The molecule has 0 saturated carbocycles. The van der Waals surface area contributed by atoms with Crippen molar-refractivity contribution in [3.63, 3.8) is 0 Å². The fourth-order valence-corrected chi connectivity index (χ4v) is 3.73.